The van der Waals surface area contributed by atoms with Crippen molar-refractivity contribution in [2.75, 3.05) is 32.7 Å². The minimum absolute atomic E-state index is 0.131. The zero-order valence-electron chi connectivity index (χ0n) is 15.3. The standard InChI is InChI=1S/C19H23N5O2/c1-23(2)15-8-6-14(7-9-15)19(25)21-13-17-22-16-5-4-10-20-18(16)24(17)11-12-26-3/h4-10H,11-13H2,1-3H3,(H,21,25). The highest BCUT2D eigenvalue weighted by Crippen LogP contribution is 2.15. The first kappa shape index (κ1) is 17.9. The van der Waals surface area contributed by atoms with Gasteiger partial charge in [0.2, 0.25) is 0 Å². The van der Waals surface area contributed by atoms with E-state index in [0.717, 1.165) is 22.7 Å². The molecule has 0 saturated heterocycles. The number of ether oxygens (including phenoxy) is 1. The number of fused-ring (bicyclic) bond motifs is 1. The first-order chi connectivity index (χ1) is 12.6. The summed E-state index contributed by atoms with van der Waals surface area (Å²) in [5.74, 6) is 0.627. The number of aromatic nitrogens is 3. The average Bonchev–Trinajstić information content (AvgIpc) is 3.02. The molecule has 0 unspecified atom stereocenters. The fourth-order valence-electron chi connectivity index (χ4n) is 2.73. The lowest BCUT2D eigenvalue weighted by Gasteiger charge is -2.13. The number of carbonyl (C=O) groups is 1. The second-order valence-electron chi connectivity index (χ2n) is 6.14. The van der Waals surface area contributed by atoms with Crippen LogP contribution in [0.3, 0.4) is 0 Å². The molecule has 0 bridgehead atoms. The zero-order chi connectivity index (χ0) is 18.5. The van der Waals surface area contributed by atoms with Gasteiger partial charge in [0, 0.05) is 45.2 Å². The predicted molar refractivity (Wildman–Crippen MR) is 101 cm³/mol. The van der Waals surface area contributed by atoms with Gasteiger partial charge in [0.05, 0.1) is 13.2 Å². The highest BCUT2D eigenvalue weighted by Gasteiger charge is 2.13. The van der Waals surface area contributed by atoms with Gasteiger partial charge in [-0.05, 0) is 36.4 Å². The molecule has 0 aliphatic heterocycles. The Labute approximate surface area is 152 Å². The third kappa shape index (κ3) is 3.83. The summed E-state index contributed by atoms with van der Waals surface area (Å²) < 4.78 is 7.16. The molecule has 0 saturated carbocycles. The van der Waals surface area contributed by atoms with Crippen LogP contribution in [-0.2, 0) is 17.8 Å². The maximum absolute atomic E-state index is 12.4. The Morgan fingerprint density at radius 2 is 2.00 bits per heavy atom. The van der Waals surface area contributed by atoms with E-state index >= 15 is 0 Å². The summed E-state index contributed by atoms with van der Waals surface area (Å²) in [6.07, 6.45) is 1.74. The van der Waals surface area contributed by atoms with Crippen LogP contribution in [0.25, 0.3) is 11.2 Å². The number of rotatable bonds is 7. The van der Waals surface area contributed by atoms with Crippen LogP contribution < -0.4 is 10.2 Å². The summed E-state index contributed by atoms with van der Waals surface area (Å²) >= 11 is 0. The minimum Gasteiger partial charge on any atom is -0.383 e. The van der Waals surface area contributed by atoms with Crippen LogP contribution in [0.2, 0.25) is 0 Å². The lowest BCUT2D eigenvalue weighted by molar-refractivity contribution is 0.0949. The van der Waals surface area contributed by atoms with Crippen molar-refractivity contribution in [3.8, 4) is 0 Å². The van der Waals surface area contributed by atoms with Gasteiger partial charge in [0.25, 0.3) is 5.91 Å². The quantitative estimate of drug-likeness (QED) is 0.704. The number of amides is 1. The number of carbonyl (C=O) groups excluding carboxylic acids is 1. The van der Waals surface area contributed by atoms with Crippen molar-refractivity contribution in [3.05, 3.63) is 54.0 Å². The Morgan fingerprint density at radius 1 is 1.23 bits per heavy atom. The third-order valence-corrected chi connectivity index (χ3v) is 4.15. The number of methoxy groups -OCH3 is 1. The monoisotopic (exact) mass is 353 g/mol. The number of nitrogens with zero attached hydrogens (tertiary/aromatic N) is 4. The van der Waals surface area contributed by atoms with Crippen molar-refractivity contribution in [1.29, 1.82) is 0 Å². The largest absolute Gasteiger partial charge is 0.383 e. The van der Waals surface area contributed by atoms with E-state index in [1.54, 1.807) is 13.3 Å². The number of benzene rings is 1. The second-order valence-corrected chi connectivity index (χ2v) is 6.14. The lowest BCUT2D eigenvalue weighted by atomic mass is 10.2. The summed E-state index contributed by atoms with van der Waals surface area (Å²) in [7, 11) is 5.59. The highest BCUT2D eigenvalue weighted by molar-refractivity contribution is 5.94. The van der Waals surface area contributed by atoms with Crippen LogP contribution in [-0.4, -0.2) is 48.3 Å². The van der Waals surface area contributed by atoms with Gasteiger partial charge in [-0.1, -0.05) is 0 Å². The number of pyridine rings is 1. The third-order valence-electron chi connectivity index (χ3n) is 4.15. The number of nitrogens with one attached hydrogen (secondary N) is 1. The van der Waals surface area contributed by atoms with Gasteiger partial charge in [-0.15, -0.1) is 0 Å². The van der Waals surface area contributed by atoms with Crippen LogP contribution in [0.1, 0.15) is 16.2 Å². The SMILES string of the molecule is COCCn1c(CNC(=O)c2ccc(N(C)C)cc2)nc2cccnc21. The van der Waals surface area contributed by atoms with Gasteiger partial charge in [-0.25, -0.2) is 9.97 Å². The second kappa shape index (κ2) is 7.97. The van der Waals surface area contributed by atoms with Gasteiger partial charge in [-0.2, -0.15) is 0 Å². The Morgan fingerprint density at radius 3 is 2.69 bits per heavy atom. The maximum Gasteiger partial charge on any atom is 0.251 e. The highest BCUT2D eigenvalue weighted by atomic mass is 16.5. The van der Waals surface area contributed by atoms with Gasteiger partial charge >= 0.3 is 0 Å². The molecule has 2 aromatic heterocycles. The Bertz CT molecular complexity index is 887. The predicted octanol–water partition coefficient (Wildman–Crippen LogP) is 2.07. The average molecular weight is 353 g/mol. The molecular formula is C19H23N5O2. The van der Waals surface area contributed by atoms with Crippen molar-refractivity contribution in [2.45, 2.75) is 13.1 Å². The van der Waals surface area contributed by atoms with Crippen molar-refractivity contribution in [1.82, 2.24) is 19.9 Å². The Hall–Kier alpha value is -2.93. The first-order valence-corrected chi connectivity index (χ1v) is 8.45. The Kier molecular flexibility index (Phi) is 5.48. The molecule has 1 amide bonds. The molecular weight excluding hydrogens is 330 g/mol. The molecule has 26 heavy (non-hydrogen) atoms. The molecule has 0 aliphatic carbocycles. The number of hydrogen-bond donors (Lipinski definition) is 1. The normalized spacial score (nSPS) is 10.9. The molecule has 7 nitrogen and oxygen atoms in total. The van der Waals surface area contributed by atoms with Gasteiger partial charge in [0.15, 0.2) is 5.65 Å². The molecule has 0 aliphatic rings. The smallest absolute Gasteiger partial charge is 0.251 e. The van der Waals surface area contributed by atoms with E-state index < -0.39 is 0 Å². The van der Waals surface area contributed by atoms with Gasteiger partial charge < -0.3 is 19.5 Å². The number of anilines is 1. The molecule has 136 valence electrons. The van der Waals surface area contributed by atoms with Crippen LogP contribution in [0.5, 0.6) is 0 Å². The molecule has 0 radical (unpaired) electrons. The molecule has 0 atom stereocenters. The van der Waals surface area contributed by atoms with Crippen molar-refractivity contribution in [2.24, 2.45) is 0 Å². The first-order valence-electron chi connectivity index (χ1n) is 8.45. The lowest BCUT2D eigenvalue weighted by Crippen LogP contribution is -2.25. The van der Waals surface area contributed by atoms with E-state index in [9.17, 15) is 4.79 Å². The maximum atomic E-state index is 12.4. The summed E-state index contributed by atoms with van der Waals surface area (Å²) in [5.41, 5.74) is 3.27. The molecule has 3 rings (SSSR count). The fourth-order valence-corrected chi connectivity index (χ4v) is 2.73. The molecule has 0 spiro atoms. The summed E-state index contributed by atoms with van der Waals surface area (Å²) in [6.45, 7) is 1.51. The van der Waals surface area contributed by atoms with E-state index in [2.05, 4.69) is 15.3 Å². The summed E-state index contributed by atoms with van der Waals surface area (Å²) in [6, 6.07) is 11.3. The van der Waals surface area contributed by atoms with Gasteiger partial charge in [-0.3, -0.25) is 4.79 Å². The topological polar surface area (TPSA) is 72.3 Å². The fraction of sp³-hybridized carbons (Fsp3) is 0.316. The molecule has 0 fully saturated rings. The van der Waals surface area contributed by atoms with Crippen LogP contribution in [0.4, 0.5) is 5.69 Å². The van der Waals surface area contributed by atoms with E-state index in [1.165, 1.54) is 0 Å². The molecule has 3 aromatic rings. The van der Waals surface area contributed by atoms with Crippen LogP contribution in [0.15, 0.2) is 42.6 Å². The van der Waals surface area contributed by atoms with E-state index in [-0.39, 0.29) is 5.91 Å². The molecule has 1 aromatic carbocycles. The number of imidazole rings is 1. The van der Waals surface area contributed by atoms with E-state index in [0.29, 0.717) is 25.3 Å². The molecule has 7 heteroatoms. The van der Waals surface area contributed by atoms with Gasteiger partial charge in [0.1, 0.15) is 11.3 Å². The van der Waals surface area contributed by atoms with E-state index in [4.69, 9.17) is 4.74 Å². The summed E-state index contributed by atoms with van der Waals surface area (Å²) in [5, 5.41) is 2.94. The number of hydrogen-bond acceptors (Lipinski definition) is 5. The van der Waals surface area contributed by atoms with Crippen molar-refractivity contribution >= 4 is 22.8 Å². The molecule has 2 heterocycles. The minimum atomic E-state index is -0.131. The van der Waals surface area contributed by atoms with Crippen molar-refractivity contribution in [3.63, 3.8) is 0 Å². The van der Waals surface area contributed by atoms with Crippen molar-refractivity contribution < 1.29 is 9.53 Å². The zero-order valence-corrected chi connectivity index (χ0v) is 15.3. The molecule has 1 N–H and O–H groups in total. The Balaban J connectivity index is 1.75. The van der Waals surface area contributed by atoms with Crippen LogP contribution in [0, 0.1) is 0 Å². The van der Waals surface area contributed by atoms with E-state index in [1.807, 2.05) is 60.0 Å². The van der Waals surface area contributed by atoms with Crippen LogP contribution >= 0.6 is 0 Å². The summed E-state index contributed by atoms with van der Waals surface area (Å²) in [4.78, 5) is 23.4.